The lowest BCUT2D eigenvalue weighted by Gasteiger charge is -2.24. The Kier molecular flexibility index (Phi) is 6.13. The van der Waals surface area contributed by atoms with Gasteiger partial charge in [-0.25, -0.2) is 4.98 Å². The van der Waals surface area contributed by atoms with Crippen LogP contribution in [-0.4, -0.2) is 38.9 Å². The molecule has 3 aromatic rings. The standard InChI is InChI=1S/C25H24Cl2N4O2/c26-17-8-11-21(27)20(14-17)25(33)31-13-3-5-22(31)24(32)29-18-9-6-16(7-10-18)23-28-15-19-4-1-2-12-30(19)23/h6-11,14-15,22H,1-5,12-13H2,(H,29,32). The molecule has 2 aliphatic heterocycles. The highest BCUT2D eigenvalue weighted by atomic mass is 35.5. The predicted molar refractivity (Wildman–Crippen MR) is 130 cm³/mol. The Balaban J connectivity index is 1.29. The Labute approximate surface area is 202 Å². The van der Waals surface area contributed by atoms with Crippen molar-refractivity contribution in [1.82, 2.24) is 14.5 Å². The van der Waals surface area contributed by atoms with Crippen molar-refractivity contribution in [1.29, 1.82) is 0 Å². The van der Waals surface area contributed by atoms with Crippen LogP contribution >= 0.6 is 23.2 Å². The van der Waals surface area contributed by atoms with Crippen LogP contribution in [0.25, 0.3) is 11.4 Å². The summed E-state index contributed by atoms with van der Waals surface area (Å²) in [6.07, 6.45) is 6.77. The van der Waals surface area contributed by atoms with Crippen molar-refractivity contribution in [3.63, 3.8) is 0 Å². The Morgan fingerprint density at radius 1 is 1.00 bits per heavy atom. The minimum atomic E-state index is -0.549. The van der Waals surface area contributed by atoms with E-state index in [0.29, 0.717) is 34.3 Å². The first-order valence-corrected chi connectivity index (χ1v) is 12.0. The molecule has 170 valence electrons. The number of carbonyl (C=O) groups excluding carboxylic acids is 2. The van der Waals surface area contributed by atoms with Gasteiger partial charge in [-0.3, -0.25) is 9.59 Å². The number of aromatic nitrogens is 2. The van der Waals surface area contributed by atoms with Crippen LogP contribution in [-0.2, 0) is 17.8 Å². The summed E-state index contributed by atoms with van der Waals surface area (Å²) in [7, 11) is 0. The van der Waals surface area contributed by atoms with Crippen LogP contribution < -0.4 is 5.32 Å². The first-order chi connectivity index (χ1) is 16.0. The van der Waals surface area contributed by atoms with Gasteiger partial charge in [0.05, 0.1) is 10.6 Å². The highest BCUT2D eigenvalue weighted by Gasteiger charge is 2.35. The van der Waals surface area contributed by atoms with Crippen LogP contribution in [0.1, 0.15) is 41.7 Å². The summed E-state index contributed by atoms with van der Waals surface area (Å²) < 4.78 is 2.28. The molecule has 3 heterocycles. The fourth-order valence-corrected chi connectivity index (χ4v) is 5.06. The highest BCUT2D eigenvalue weighted by Crippen LogP contribution is 2.28. The first kappa shape index (κ1) is 22.0. The molecular weight excluding hydrogens is 459 g/mol. The van der Waals surface area contributed by atoms with Gasteiger partial charge >= 0.3 is 0 Å². The van der Waals surface area contributed by atoms with Gasteiger partial charge in [-0.05, 0) is 74.6 Å². The number of benzene rings is 2. The molecule has 1 fully saturated rings. The number of hydrogen-bond donors (Lipinski definition) is 1. The molecule has 0 aliphatic carbocycles. The van der Waals surface area contributed by atoms with Crippen molar-refractivity contribution in [2.24, 2.45) is 0 Å². The molecule has 2 aliphatic rings. The number of halogens is 2. The van der Waals surface area contributed by atoms with Crippen LogP contribution in [0.3, 0.4) is 0 Å². The lowest BCUT2D eigenvalue weighted by molar-refractivity contribution is -0.119. The van der Waals surface area contributed by atoms with Gasteiger partial charge in [0.1, 0.15) is 11.9 Å². The monoisotopic (exact) mass is 482 g/mol. The van der Waals surface area contributed by atoms with E-state index in [9.17, 15) is 9.59 Å². The Morgan fingerprint density at radius 3 is 2.64 bits per heavy atom. The second-order valence-corrected chi connectivity index (χ2v) is 9.37. The van der Waals surface area contributed by atoms with Gasteiger partial charge in [0.15, 0.2) is 0 Å². The lowest BCUT2D eigenvalue weighted by Crippen LogP contribution is -2.43. The fourth-order valence-electron chi connectivity index (χ4n) is 4.69. The Hall–Kier alpha value is -2.83. The molecule has 0 radical (unpaired) electrons. The maximum Gasteiger partial charge on any atom is 0.256 e. The third-order valence-electron chi connectivity index (χ3n) is 6.39. The molecule has 1 N–H and O–H groups in total. The Morgan fingerprint density at radius 2 is 1.82 bits per heavy atom. The molecule has 2 amide bonds. The first-order valence-electron chi connectivity index (χ1n) is 11.2. The zero-order valence-electron chi connectivity index (χ0n) is 18.1. The molecule has 1 aromatic heterocycles. The molecule has 8 heteroatoms. The molecular formula is C25H24Cl2N4O2. The molecule has 1 unspecified atom stereocenters. The molecule has 33 heavy (non-hydrogen) atoms. The number of amides is 2. The maximum absolute atomic E-state index is 13.1. The number of carbonyl (C=O) groups is 2. The zero-order chi connectivity index (χ0) is 22.9. The number of hydrogen-bond acceptors (Lipinski definition) is 3. The van der Waals surface area contributed by atoms with Crippen molar-refractivity contribution in [2.75, 3.05) is 11.9 Å². The summed E-state index contributed by atoms with van der Waals surface area (Å²) in [6.45, 7) is 1.50. The van der Waals surface area contributed by atoms with E-state index in [1.54, 1.807) is 23.1 Å². The van der Waals surface area contributed by atoms with Crippen molar-refractivity contribution in [3.05, 3.63) is 70.0 Å². The van der Waals surface area contributed by atoms with Gasteiger partial charge in [-0.1, -0.05) is 23.2 Å². The van der Waals surface area contributed by atoms with Crippen molar-refractivity contribution in [2.45, 2.75) is 44.7 Å². The predicted octanol–water partition coefficient (Wildman–Crippen LogP) is 5.44. The van der Waals surface area contributed by atoms with Crippen molar-refractivity contribution < 1.29 is 9.59 Å². The molecule has 6 nitrogen and oxygen atoms in total. The molecule has 1 atom stereocenters. The smallest absolute Gasteiger partial charge is 0.256 e. The van der Waals surface area contributed by atoms with Crippen LogP contribution in [0.2, 0.25) is 10.0 Å². The molecule has 0 bridgehead atoms. The van der Waals surface area contributed by atoms with Crippen molar-refractivity contribution >= 4 is 40.7 Å². The van der Waals surface area contributed by atoms with E-state index in [1.165, 1.54) is 18.5 Å². The van der Waals surface area contributed by atoms with E-state index in [4.69, 9.17) is 23.2 Å². The number of nitrogens with zero attached hydrogens (tertiary/aromatic N) is 3. The van der Waals surface area contributed by atoms with Gasteiger partial charge in [0, 0.05) is 41.3 Å². The van der Waals surface area contributed by atoms with Crippen molar-refractivity contribution in [3.8, 4) is 11.4 Å². The second-order valence-electron chi connectivity index (χ2n) is 8.53. The fraction of sp³-hybridized carbons (Fsp3) is 0.320. The van der Waals surface area contributed by atoms with E-state index in [1.807, 2.05) is 30.5 Å². The minimum Gasteiger partial charge on any atom is -0.328 e. The number of anilines is 1. The summed E-state index contributed by atoms with van der Waals surface area (Å²) in [6, 6.07) is 11.9. The molecule has 0 saturated carbocycles. The number of likely N-dealkylation sites (tertiary alicyclic amines) is 1. The molecule has 5 rings (SSSR count). The van der Waals surface area contributed by atoms with Crippen LogP contribution in [0, 0.1) is 0 Å². The highest BCUT2D eigenvalue weighted by molar-refractivity contribution is 6.35. The normalized spacial score (nSPS) is 17.6. The van der Waals surface area contributed by atoms with Gasteiger partial charge in [0.2, 0.25) is 5.91 Å². The average Bonchev–Trinajstić information content (AvgIpc) is 3.48. The number of fused-ring (bicyclic) bond motifs is 1. The summed E-state index contributed by atoms with van der Waals surface area (Å²) >= 11 is 12.3. The summed E-state index contributed by atoms with van der Waals surface area (Å²) in [4.78, 5) is 32.3. The molecule has 2 aromatic carbocycles. The van der Waals surface area contributed by atoms with Gasteiger partial charge in [0.25, 0.3) is 5.91 Å². The number of rotatable bonds is 4. The largest absolute Gasteiger partial charge is 0.328 e. The summed E-state index contributed by atoms with van der Waals surface area (Å²) in [5, 5.41) is 3.72. The third kappa shape index (κ3) is 4.37. The van der Waals surface area contributed by atoms with Crippen LogP contribution in [0.5, 0.6) is 0 Å². The maximum atomic E-state index is 13.1. The Bertz CT molecular complexity index is 1210. The third-order valence-corrected chi connectivity index (χ3v) is 6.95. The van der Waals surface area contributed by atoms with Gasteiger partial charge in [-0.2, -0.15) is 0 Å². The van der Waals surface area contributed by atoms with E-state index in [-0.39, 0.29) is 11.8 Å². The number of aryl methyl sites for hydroxylation is 1. The van der Waals surface area contributed by atoms with E-state index < -0.39 is 6.04 Å². The SMILES string of the molecule is O=C(Nc1ccc(-c2ncc3n2CCCC3)cc1)C1CCCN1C(=O)c1cc(Cl)ccc1Cl. The average molecular weight is 483 g/mol. The topological polar surface area (TPSA) is 67.2 Å². The summed E-state index contributed by atoms with van der Waals surface area (Å²) in [5.74, 6) is 0.484. The van der Waals surface area contributed by atoms with Gasteiger partial charge in [-0.15, -0.1) is 0 Å². The molecule has 1 saturated heterocycles. The number of nitrogens with one attached hydrogen (secondary N) is 1. The summed E-state index contributed by atoms with van der Waals surface area (Å²) in [5.41, 5.74) is 3.30. The minimum absolute atomic E-state index is 0.204. The molecule has 0 spiro atoms. The second kappa shape index (κ2) is 9.20. The van der Waals surface area contributed by atoms with E-state index in [2.05, 4.69) is 14.9 Å². The van der Waals surface area contributed by atoms with E-state index in [0.717, 1.165) is 30.8 Å². The van der Waals surface area contributed by atoms with Gasteiger partial charge < -0.3 is 14.8 Å². The lowest BCUT2D eigenvalue weighted by atomic mass is 10.1. The van der Waals surface area contributed by atoms with Crippen LogP contribution in [0.15, 0.2) is 48.7 Å². The number of imidazole rings is 1. The zero-order valence-corrected chi connectivity index (χ0v) is 19.6. The van der Waals surface area contributed by atoms with Crippen LogP contribution in [0.4, 0.5) is 5.69 Å². The quantitative estimate of drug-likeness (QED) is 0.538. The van der Waals surface area contributed by atoms with E-state index >= 15 is 0 Å².